The van der Waals surface area contributed by atoms with Crippen molar-refractivity contribution in [2.45, 2.75) is 193 Å². The fourth-order valence-electron chi connectivity index (χ4n) is 5.40. The highest BCUT2D eigenvalue weighted by Gasteiger charge is 2.27. The Kier molecular flexibility index (Phi) is 34.2. The van der Waals surface area contributed by atoms with Gasteiger partial charge in [-0.25, -0.2) is 4.57 Å². The topological polar surface area (TPSA) is 149 Å². The first-order valence-corrected chi connectivity index (χ1v) is 21.1. The van der Waals surface area contributed by atoms with Gasteiger partial charge in [-0.2, -0.15) is 0 Å². The fraction of sp³-hybridized carbons (Fsp3) is 0.895. The number of aliphatic hydroxyl groups excluding tert-OH is 2. The number of carbonyl (C=O) groups excluding carboxylic acids is 2. The molecule has 0 aromatic heterocycles. The van der Waals surface area contributed by atoms with Crippen LogP contribution in [0.15, 0.2) is 12.2 Å². The van der Waals surface area contributed by atoms with Crippen LogP contribution in [0, 0.1) is 0 Å². The van der Waals surface area contributed by atoms with Gasteiger partial charge in [0.05, 0.1) is 26.4 Å². The molecule has 0 fully saturated rings. The fourth-order valence-corrected chi connectivity index (χ4v) is 6.19. The number of esters is 2. The maximum absolute atomic E-state index is 12.2. The van der Waals surface area contributed by atoms with Crippen LogP contribution >= 0.6 is 7.82 Å². The van der Waals surface area contributed by atoms with Crippen LogP contribution in [-0.2, 0) is 32.7 Å². The molecule has 0 saturated heterocycles. The Labute approximate surface area is 298 Å². The van der Waals surface area contributed by atoms with Crippen LogP contribution in [0.1, 0.15) is 181 Å². The lowest BCUT2D eigenvalue weighted by atomic mass is 10.1. The van der Waals surface area contributed by atoms with E-state index in [0.717, 1.165) is 44.9 Å². The molecule has 0 radical (unpaired) electrons. The summed E-state index contributed by atoms with van der Waals surface area (Å²) in [6.07, 6.45) is 31.1. The Morgan fingerprint density at radius 2 is 0.837 bits per heavy atom. The average Bonchev–Trinajstić information content (AvgIpc) is 3.09. The molecule has 0 aromatic rings. The van der Waals surface area contributed by atoms with Gasteiger partial charge in [0.25, 0.3) is 0 Å². The number of ether oxygens (including phenoxy) is 2. The molecule has 3 atom stereocenters. The number of phosphoric acid groups is 1. The first kappa shape index (κ1) is 47.7. The monoisotopic (exact) mass is 720 g/mol. The standard InChI is InChI=1S/C38H73O10P/c1-3-5-7-9-10-11-12-13-14-15-16-17-18-19-20-21-22-23-24-26-28-30-38(42)48-36(32-40)34-46-49(43,44)45-33-35(31-39)47-37(41)29-27-25-8-6-4-2/h15-16,35-36,39-40H,3-14,17-34H2,1-2H3,(H,43,44)/b16-15-. The van der Waals surface area contributed by atoms with Crippen molar-refractivity contribution in [3.63, 3.8) is 0 Å². The lowest BCUT2D eigenvalue weighted by Crippen LogP contribution is -2.28. The zero-order chi connectivity index (χ0) is 36.3. The molecule has 290 valence electrons. The molecule has 0 spiro atoms. The van der Waals surface area contributed by atoms with Crippen LogP contribution in [0.4, 0.5) is 0 Å². The number of hydrogen-bond acceptors (Lipinski definition) is 9. The van der Waals surface area contributed by atoms with Crippen molar-refractivity contribution in [3.8, 4) is 0 Å². The minimum atomic E-state index is -4.61. The van der Waals surface area contributed by atoms with Crippen molar-refractivity contribution in [2.24, 2.45) is 0 Å². The quantitative estimate of drug-likeness (QED) is 0.0245. The molecule has 0 aliphatic rings. The Balaban J connectivity index is 3.82. The molecular formula is C38H73O10P. The smallest absolute Gasteiger partial charge is 0.457 e. The van der Waals surface area contributed by atoms with Crippen LogP contribution in [-0.4, -0.2) is 65.7 Å². The number of carbonyl (C=O) groups is 2. The molecule has 3 N–H and O–H groups in total. The van der Waals surface area contributed by atoms with Gasteiger partial charge in [-0.15, -0.1) is 0 Å². The molecule has 49 heavy (non-hydrogen) atoms. The number of allylic oxidation sites excluding steroid dienone is 2. The average molecular weight is 721 g/mol. The van der Waals surface area contributed by atoms with E-state index < -0.39 is 58.4 Å². The minimum absolute atomic E-state index is 0.189. The van der Waals surface area contributed by atoms with E-state index in [4.69, 9.17) is 18.5 Å². The Hall–Kier alpha value is -1.29. The highest BCUT2D eigenvalue weighted by molar-refractivity contribution is 7.47. The van der Waals surface area contributed by atoms with Gasteiger partial charge >= 0.3 is 19.8 Å². The van der Waals surface area contributed by atoms with Gasteiger partial charge in [0.2, 0.25) is 0 Å². The van der Waals surface area contributed by atoms with E-state index in [9.17, 15) is 29.3 Å². The van der Waals surface area contributed by atoms with Crippen molar-refractivity contribution in [1.29, 1.82) is 0 Å². The molecule has 0 aliphatic carbocycles. The number of hydrogen-bond donors (Lipinski definition) is 3. The zero-order valence-corrected chi connectivity index (χ0v) is 32.1. The van der Waals surface area contributed by atoms with E-state index >= 15 is 0 Å². The van der Waals surface area contributed by atoms with Crippen LogP contribution in [0.3, 0.4) is 0 Å². The zero-order valence-electron chi connectivity index (χ0n) is 31.2. The van der Waals surface area contributed by atoms with Gasteiger partial charge in [-0.3, -0.25) is 18.6 Å². The van der Waals surface area contributed by atoms with E-state index in [2.05, 4.69) is 26.0 Å². The molecule has 0 aliphatic heterocycles. The van der Waals surface area contributed by atoms with E-state index in [1.165, 1.54) is 96.3 Å². The SMILES string of the molecule is CCCCCCCCCC/C=C\CCCCCCCCCCCC(=O)OC(CO)COP(=O)(O)OCC(CO)OC(=O)CCCCCCC. The van der Waals surface area contributed by atoms with Gasteiger partial charge in [-0.1, -0.05) is 142 Å². The van der Waals surface area contributed by atoms with E-state index in [0.29, 0.717) is 12.8 Å². The molecule has 11 heteroatoms. The van der Waals surface area contributed by atoms with Crippen molar-refractivity contribution < 1.29 is 47.8 Å². The van der Waals surface area contributed by atoms with E-state index in [1.807, 2.05) is 0 Å². The minimum Gasteiger partial charge on any atom is -0.457 e. The summed E-state index contributed by atoms with van der Waals surface area (Å²) in [6, 6.07) is 0. The lowest BCUT2D eigenvalue weighted by molar-refractivity contribution is -0.153. The van der Waals surface area contributed by atoms with Crippen LogP contribution in [0.5, 0.6) is 0 Å². The first-order chi connectivity index (χ1) is 23.8. The maximum Gasteiger partial charge on any atom is 0.472 e. The molecule has 0 saturated carbocycles. The van der Waals surface area contributed by atoms with Crippen LogP contribution < -0.4 is 0 Å². The van der Waals surface area contributed by atoms with Crippen LogP contribution in [0.2, 0.25) is 0 Å². The van der Waals surface area contributed by atoms with E-state index in [-0.39, 0.29) is 12.8 Å². The largest absolute Gasteiger partial charge is 0.472 e. The molecule has 0 amide bonds. The summed E-state index contributed by atoms with van der Waals surface area (Å²) in [6.45, 7) is 2.09. The Bertz CT molecular complexity index is 837. The van der Waals surface area contributed by atoms with Gasteiger partial charge in [-0.05, 0) is 38.5 Å². The molecular weight excluding hydrogens is 647 g/mol. The summed E-state index contributed by atoms with van der Waals surface area (Å²) in [7, 11) is -4.61. The van der Waals surface area contributed by atoms with Crippen LogP contribution in [0.25, 0.3) is 0 Å². The highest BCUT2D eigenvalue weighted by Crippen LogP contribution is 2.43. The summed E-state index contributed by atoms with van der Waals surface area (Å²) >= 11 is 0. The predicted octanol–water partition coefficient (Wildman–Crippen LogP) is 9.67. The number of phosphoric ester groups is 1. The molecule has 0 bridgehead atoms. The van der Waals surface area contributed by atoms with Gasteiger partial charge < -0.3 is 24.6 Å². The number of unbranched alkanes of at least 4 members (excludes halogenated alkanes) is 21. The molecule has 0 heterocycles. The molecule has 0 aromatic carbocycles. The van der Waals surface area contributed by atoms with Gasteiger partial charge in [0, 0.05) is 12.8 Å². The molecule has 0 rings (SSSR count). The second-order valence-electron chi connectivity index (χ2n) is 13.3. The summed E-state index contributed by atoms with van der Waals surface area (Å²) < 4.78 is 32.2. The lowest BCUT2D eigenvalue weighted by Gasteiger charge is -2.20. The Morgan fingerprint density at radius 3 is 1.16 bits per heavy atom. The summed E-state index contributed by atoms with van der Waals surface area (Å²) in [4.78, 5) is 34.1. The molecule has 10 nitrogen and oxygen atoms in total. The van der Waals surface area contributed by atoms with Crippen molar-refractivity contribution in [2.75, 3.05) is 26.4 Å². The van der Waals surface area contributed by atoms with Gasteiger partial charge in [0.1, 0.15) is 12.2 Å². The van der Waals surface area contributed by atoms with E-state index in [1.54, 1.807) is 0 Å². The third-order valence-electron chi connectivity index (χ3n) is 8.48. The number of aliphatic hydroxyl groups is 2. The second-order valence-corrected chi connectivity index (χ2v) is 14.7. The summed E-state index contributed by atoms with van der Waals surface area (Å²) in [5, 5.41) is 19.0. The third kappa shape index (κ3) is 33.6. The Morgan fingerprint density at radius 1 is 0.531 bits per heavy atom. The normalized spacial score (nSPS) is 14.1. The maximum atomic E-state index is 12.2. The summed E-state index contributed by atoms with van der Waals surface area (Å²) in [5.41, 5.74) is 0. The van der Waals surface area contributed by atoms with Crippen molar-refractivity contribution in [3.05, 3.63) is 12.2 Å². The second kappa shape index (κ2) is 35.1. The molecule has 3 unspecified atom stereocenters. The van der Waals surface area contributed by atoms with Crippen molar-refractivity contribution in [1.82, 2.24) is 0 Å². The third-order valence-corrected chi connectivity index (χ3v) is 9.43. The first-order valence-electron chi connectivity index (χ1n) is 19.6. The van der Waals surface area contributed by atoms with Gasteiger partial charge in [0.15, 0.2) is 0 Å². The van der Waals surface area contributed by atoms with Crippen molar-refractivity contribution >= 4 is 19.8 Å². The predicted molar refractivity (Wildman–Crippen MR) is 196 cm³/mol. The number of rotatable bonds is 37. The highest BCUT2D eigenvalue weighted by atomic mass is 31.2. The summed E-state index contributed by atoms with van der Waals surface area (Å²) in [5.74, 6) is -1.03.